The molecule has 0 aliphatic rings. The van der Waals surface area contributed by atoms with Gasteiger partial charge in [0.25, 0.3) is 0 Å². The van der Waals surface area contributed by atoms with Crippen molar-refractivity contribution in [2.24, 2.45) is 0 Å². The van der Waals surface area contributed by atoms with Crippen LogP contribution in [0.2, 0.25) is 0 Å². The van der Waals surface area contributed by atoms with Gasteiger partial charge in [-0.1, -0.05) is 0 Å². The Balaban J connectivity index is 2.84. The van der Waals surface area contributed by atoms with E-state index in [0.29, 0.717) is 31.6 Å². The minimum atomic E-state index is -1.46. The average Bonchev–Trinajstić information content (AvgIpc) is 2.42. The molecule has 0 bridgehead atoms. The van der Waals surface area contributed by atoms with E-state index in [1.54, 1.807) is 7.05 Å². The highest BCUT2D eigenvalue weighted by Gasteiger charge is 2.18. The molecule has 0 aliphatic carbocycles. The van der Waals surface area contributed by atoms with Crippen molar-refractivity contribution in [2.45, 2.75) is 6.42 Å². The Labute approximate surface area is 120 Å². The molecule has 3 N–H and O–H groups in total. The van der Waals surface area contributed by atoms with Crippen LogP contribution in [0, 0.1) is 11.6 Å². The molecule has 1 aromatic carbocycles. The van der Waals surface area contributed by atoms with Gasteiger partial charge in [-0.2, -0.15) is 0 Å². The summed E-state index contributed by atoms with van der Waals surface area (Å²) in [5.74, 6) is -3.97. The van der Waals surface area contributed by atoms with Crippen LogP contribution < -0.4 is 10.6 Å². The number of aromatic carboxylic acids is 1. The largest absolute Gasteiger partial charge is 0.478 e. The second-order valence-electron chi connectivity index (χ2n) is 4.43. The molecule has 2 amide bonds. The van der Waals surface area contributed by atoms with Crippen molar-refractivity contribution in [3.8, 4) is 0 Å². The number of benzene rings is 1. The minimum absolute atomic E-state index is 0.285. The summed E-state index contributed by atoms with van der Waals surface area (Å²) in [4.78, 5) is 24.2. The molecule has 0 radical (unpaired) electrons. The second-order valence-corrected chi connectivity index (χ2v) is 4.43. The summed E-state index contributed by atoms with van der Waals surface area (Å²) in [5, 5.41) is 14.1. The van der Waals surface area contributed by atoms with Gasteiger partial charge >= 0.3 is 12.0 Å². The van der Waals surface area contributed by atoms with Crippen LogP contribution >= 0.6 is 0 Å². The van der Waals surface area contributed by atoms with Gasteiger partial charge in [0.05, 0.1) is 11.3 Å². The van der Waals surface area contributed by atoms with Gasteiger partial charge in [0.15, 0.2) is 11.6 Å². The van der Waals surface area contributed by atoms with Gasteiger partial charge in [-0.25, -0.2) is 18.4 Å². The molecule has 0 atom stereocenters. The Kier molecular flexibility index (Phi) is 6.04. The molecule has 8 heteroatoms. The number of amides is 2. The minimum Gasteiger partial charge on any atom is -0.478 e. The number of nitrogens with one attached hydrogen (secondary N) is 2. The molecule has 116 valence electrons. The van der Waals surface area contributed by atoms with Crippen LogP contribution in [0.5, 0.6) is 0 Å². The number of halogens is 2. The molecule has 0 unspecified atom stereocenters. The third-order valence-electron chi connectivity index (χ3n) is 2.80. The Morgan fingerprint density at radius 2 is 1.90 bits per heavy atom. The summed E-state index contributed by atoms with van der Waals surface area (Å²) in [5.41, 5.74) is -0.794. The van der Waals surface area contributed by atoms with Gasteiger partial charge in [0.2, 0.25) is 0 Å². The zero-order valence-corrected chi connectivity index (χ0v) is 11.7. The van der Waals surface area contributed by atoms with Gasteiger partial charge in [0, 0.05) is 19.7 Å². The Hall–Kier alpha value is -2.22. The highest BCUT2D eigenvalue weighted by molar-refractivity contribution is 5.99. The van der Waals surface area contributed by atoms with Crippen LogP contribution in [0.4, 0.5) is 19.3 Å². The predicted octanol–water partition coefficient (Wildman–Crippen LogP) is 1.74. The third kappa shape index (κ3) is 4.67. The molecule has 0 saturated carbocycles. The Bertz CT molecular complexity index is 538. The number of carboxylic acids is 1. The maximum atomic E-state index is 13.2. The lowest BCUT2D eigenvalue weighted by molar-refractivity contribution is 0.0697. The van der Waals surface area contributed by atoms with E-state index < -0.39 is 29.2 Å². The maximum absolute atomic E-state index is 13.2. The first-order valence-corrected chi connectivity index (χ1v) is 6.26. The predicted molar refractivity (Wildman–Crippen MR) is 73.5 cm³/mol. The topological polar surface area (TPSA) is 81.7 Å². The zero-order valence-electron chi connectivity index (χ0n) is 11.7. The molecular weight excluding hydrogens is 284 g/mol. The van der Waals surface area contributed by atoms with E-state index in [-0.39, 0.29) is 5.69 Å². The number of nitrogens with zero attached hydrogens (tertiary/aromatic N) is 1. The quantitative estimate of drug-likeness (QED) is 0.699. The normalized spacial score (nSPS) is 10.3. The maximum Gasteiger partial charge on any atom is 0.337 e. The van der Waals surface area contributed by atoms with E-state index in [9.17, 15) is 18.4 Å². The summed E-state index contributed by atoms with van der Waals surface area (Å²) in [6, 6.07) is 0.589. The van der Waals surface area contributed by atoms with Crippen molar-refractivity contribution in [1.29, 1.82) is 0 Å². The Morgan fingerprint density at radius 1 is 1.29 bits per heavy atom. The van der Waals surface area contributed by atoms with E-state index >= 15 is 0 Å². The van der Waals surface area contributed by atoms with Crippen LogP contribution in [0.25, 0.3) is 0 Å². The fraction of sp³-hybridized carbons (Fsp3) is 0.385. The van der Waals surface area contributed by atoms with Crippen LogP contribution in [0.3, 0.4) is 0 Å². The summed E-state index contributed by atoms with van der Waals surface area (Å²) in [7, 11) is 3.30. The van der Waals surface area contributed by atoms with E-state index in [4.69, 9.17) is 5.11 Å². The van der Waals surface area contributed by atoms with E-state index in [1.165, 1.54) is 11.9 Å². The molecule has 0 saturated heterocycles. The molecule has 0 aromatic heterocycles. The lowest BCUT2D eigenvalue weighted by Crippen LogP contribution is -2.33. The molecule has 0 aliphatic heterocycles. The molecule has 1 aromatic rings. The van der Waals surface area contributed by atoms with Gasteiger partial charge < -0.3 is 20.6 Å². The fourth-order valence-electron chi connectivity index (χ4n) is 1.63. The van der Waals surface area contributed by atoms with Crippen molar-refractivity contribution in [1.82, 2.24) is 10.2 Å². The summed E-state index contributed by atoms with van der Waals surface area (Å²) < 4.78 is 26.2. The van der Waals surface area contributed by atoms with Crippen LogP contribution in [0.1, 0.15) is 16.8 Å². The van der Waals surface area contributed by atoms with Crippen molar-refractivity contribution in [3.63, 3.8) is 0 Å². The fourth-order valence-corrected chi connectivity index (χ4v) is 1.63. The first kappa shape index (κ1) is 16.8. The zero-order chi connectivity index (χ0) is 16.0. The number of anilines is 1. The molecule has 0 fully saturated rings. The van der Waals surface area contributed by atoms with Gasteiger partial charge in [-0.15, -0.1) is 0 Å². The van der Waals surface area contributed by atoms with E-state index in [2.05, 4.69) is 10.6 Å². The first-order chi connectivity index (χ1) is 9.86. The van der Waals surface area contributed by atoms with Crippen LogP contribution in [0.15, 0.2) is 12.1 Å². The highest BCUT2D eigenvalue weighted by Crippen LogP contribution is 2.20. The highest BCUT2D eigenvalue weighted by atomic mass is 19.2. The van der Waals surface area contributed by atoms with Crippen molar-refractivity contribution in [3.05, 3.63) is 29.3 Å². The second kappa shape index (κ2) is 7.53. The number of hydrogen-bond donors (Lipinski definition) is 3. The van der Waals surface area contributed by atoms with Crippen molar-refractivity contribution < 1.29 is 23.5 Å². The van der Waals surface area contributed by atoms with Crippen LogP contribution in [-0.4, -0.2) is 49.2 Å². The van der Waals surface area contributed by atoms with Gasteiger partial charge in [-0.3, -0.25) is 0 Å². The van der Waals surface area contributed by atoms with E-state index in [0.717, 1.165) is 0 Å². The smallest absolute Gasteiger partial charge is 0.337 e. The van der Waals surface area contributed by atoms with Crippen molar-refractivity contribution >= 4 is 17.7 Å². The molecule has 21 heavy (non-hydrogen) atoms. The summed E-state index contributed by atoms with van der Waals surface area (Å²) in [6.45, 7) is 1.14. The van der Waals surface area contributed by atoms with Crippen LogP contribution in [-0.2, 0) is 0 Å². The first-order valence-electron chi connectivity index (χ1n) is 6.26. The van der Waals surface area contributed by atoms with Gasteiger partial charge in [-0.05, 0) is 26.1 Å². The summed E-state index contributed by atoms with van der Waals surface area (Å²) >= 11 is 0. The standard InChI is InChI=1S/C13H17F2N3O3/c1-16-4-3-5-18(2)13(21)17-11-7-10(15)9(14)6-8(11)12(19)20/h6-7,16H,3-5H2,1-2H3,(H,17,21)(H,19,20). The van der Waals surface area contributed by atoms with Crippen molar-refractivity contribution in [2.75, 3.05) is 32.5 Å². The lowest BCUT2D eigenvalue weighted by Gasteiger charge is -2.18. The number of rotatable bonds is 6. The molecular formula is C13H17F2N3O3. The number of carboxylic acid groups (broad SMARTS) is 1. The molecule has 6 nitrogen and oxygen atoms in total. The van der Waals surface area contributed by atoms with Gasteiger partial charge in [0.1, 0.15) is 0 Å². The number of carbonyl (C=O) groups excluding carboxylic acids is 1. The van der Waals surface area contributed by atoms with E-state index in [1.807, 2.05) is 0 Å². The monoisotopic (exact) mass is 301 g/mol. The third-order valence-corrected chi connectivity index (χ3v) is 2.80. The Morgan fingerprint density at radius 3 is 2.48 bits per heavy atom. The molecule has 0 spiro atoms. The molecule has 1 rings (SSSR count). The average molecular weight is 301 g/mol. The SMILES string of the molecule is CNCCCN(C)C(=O)Nc1cc(F)c(F)cc1C(=O)O. The number of urea groups is 1. The molecule has 0 heterocycles. The summed E-state index contributed by atoms with van der Waals surface area (Å²) in [6.07, 6.45) is 0.698. The number of hydrogen-bond acceptors (Lipinski definition) is 3. The lowest BCUT2D eigenvalue weighted by atomic mass is 10.1. The number of carbonyl (C=O) groups is 2.